The number of para-hydroxylation sites is 1. The highest BCUT2D eigenvalue weighted by Gasteiger charge is 2.33. The number of nitrogens with zero attached hydrogens (tertiary/aromatic N) is 1. The van der Waals surface area contributed by atoms with E-state index in [0.29, 0.717) is 19.7 Å². The number of likely N-dealkylation sites (tertiary alicyclic amines) is 1. The molecule has 1 unspecified atom stereocenters. The number of rotatable bonds is 4. The summed E-state index contributed by atoms with van der Waals surface area (Å²) in [6.07, 6.45) is 3.20. The van der Waals surface area contributed by atoms with E-state index in [-0.39, 0.29) is 23.7 Å². The van der Waals surface area contributed by atoms with Gasteiger partial charge in [-0.2, -0.15) is 0 Å². The predicted molar refractivity (Wildman–Crippen MR) is 91.7 cm³/mol. The molecule has 5 heteroatoms. The van der Waals surface area contributed by atoms with E-state index in [1.54, 1.807) is 0 Å². The van der Waals surface area contributed by atoms with Crippen molar-refractivity contribution < 1.29 is 14.3 Å². The number of hydrogen-bond donors (Lipinski definition) is 1. The van der Waals surface area contributed by atoms with E-state index < -0.39 is 0 Å². The standard InChI is InChI=1S/C19H26N2O3/c1-2-9-20-18(22)14-7-10-21(11-8-14)19(23)16-12-15-5-3-4-6-17(15)24-13-16/h3-6,14,16H,2,7-13H2,1H3,(H,20,22). The Labute approximate surface area is 143 Å². The van der Waals surface area contributed by atoms with E-state index in [1.165, 1.54) is 0 Å². The Kier molecular flexibility index (Phi) is 5.38. The number of benzene rings is 1. The molecule has 24 heavy (non-hydrogen) atoms. The summed E-state index contributed by atoms with van der Waals surface area (Å²) in [5.74, 6) is 1.14. The molecule has 0 radical (unpaired) electrons. The van der Waals surface area contributed by atoms with Gasteiger partial charge >= 0.3 is 0 Å². The SMILES string of the molecule is CCCNC(=O)C1CCN(C(=O)C2COc3ccccc3C2)CC1. The molecule has 2 amide bonds. The van der Waals surface area contributed by atoms with Gasteiger partial charge in [-0.05, 0) is 37.3 Å². The van der Waals surface area contributed by atoms with E-state index in [1.807, 2.05) is 36.1 Å². The molecular weight excluding hydrogens is 304 g/mol. The fourth-order valence-corrected chi connectivity index (χ4v) is 3.50. The van der Waals surface area contributed by atoms with E-state index in [2.05, 4.69) is 5.32 Å². The van der Waals surface area contributed by atoms with Crippen LogP contribution < -0.4 is 10.1 Å². The number of hydrogen-bond acceptors (Lipinski definition) is 3. The first kappa shape index (κ1) is 16.8. The summed E-state index contributed by atoms with van der Waals surface area (Å²) >= 11 is 0. The molecule has 0 spiro atoms. The molecule has 1 saturated heterocycles. The maximum absolute atomic E-state index is 12.8. The minimum atomic E-state index is -0.106. The van der Waals surface area contributed by atoms with Crippen molar-refractivity contribution in [3.8, 4) is 5.75 Å². The highest BCUT2D eigenvalue weighted by atomic mass is 16.5. The highest BCUT2D eigenvalue weighted by Crippen LogP contribution is 2.28. The Morgan fingerprint density at radius 3 is 2.71 bits per heavy atom. The Hall–Kier alpha value is -2.04. The number of amides is 2. The molecule has 1 N–H and O–H groups in total. The molecule has 2 heterocycles. The molecule has 1 atom stereocenters. The second kappa shape index (κ2) is 7.69. The first-order valence-electron chi connectivity index (χ1n) is 8.96. The van der Waals surface area contributed by atoms with Crippen molar-refractivity contribution in [2.24, 2.45) is 11.8 Å². The molecule has 3 rings (SSSR count). The maximum atomic E-state index is 12.8. The van der Waals surface area contributed by atoms with Crippen molar-refractivity contribution in [1.29, 1.82) is 0 Å². The van der Waals surface area contributed by atoms with Crippen LogP contribution in [0.3, 0.4) is 0 Å². The topological polar surface area (TPSA) is 58.6 Å². The third-order valence-electron chi connectivity index (χ3n) is 4.95. The van der Waals surface area contributed by atoms with Gasteiger partial charge in [0, 0.05) is 25.6 Å². The van der Waals surface area contributed by atoms with Gasteiger partial charge in [-0.3, -0.25) is 9.59 Å². The van der Waals surface area contributed by atoms with Crippen LogP contribution in [0.4, 0.5) is 0 Å². The zero-order chi connectivity index (χ0) is 16.9. The lowest BCUT2D eigenvalue weighted by Gasteiger charge is -2.35. The minimum Gasteiger partial charge on any atom is -0.492 e. The normalized spacial score (nSPS) is 20.9. The maximum Gasteiger partial charge on any atom is 0.229 e. The summed E-state index contributed by atoms with van der Waals surface area (Å²) in [7, 11) is 0. The van der Waals surface area contributed by atoms with Gasteiger partial charge in [0.05, 0.1) is 5.92 Å². The van der Waals surface area contributed by atoms with E-state index in [9.17, 15) is 9.59 Å². The van der Waals surface area contributed by atoms with Crippen molar-refractivity contribution in [3.63, 3.8) is 0 Å². The fraction of sp³-hybridized carbons (Fsp3) is 0.579. The average molecular weight is 330 g/mol. The number of carbonyl (C=O) groups is 2. The Morgan fingerprint density at radius 1 is 1.21 bits per heavy atom. The second-order valence-electron chi connectivity index (χ2n) is 6.71. The predicted octanol–water partition coefficient (Wildman–Crippen LogP) is 2.00. The molecule has 1 aromatic rings. The van der Waals surface area contributed by atoms with Gasteiger partial charge in [-0.15, -0.1) is 0 Å². The lowest BCUT2D eigenvalue weighted by atomic mass is 9.92. The molecule has 2 aliphatic rings. The summed E-state index contributed by atoms with van der Waals surface area (Å²) in [5, 5.41) is 2.96. The van der Waals surface area contributed by atoms with Gasteiger partial charge in [0.15, 0.2) is 0 Å². The summed E-state index contributed by atoms with van der Waals surface area (Å²) in [6, 6.07) is 7.92. The van der Waals surface area contributed by atoms with E-state index in [0.717, 1.165) is 43.5 Å². The molecular formula is C19H26N2O3. The van der Waals surface area contributed by atoms with Crippen LogP contribution in [0.2, 0.25) is 0 Å². The highest BCUT2D eigenvalue weighted by molar-refractivity contribution is 5.81. The first-order chi connectivity index (χ1) is 11.7. The molecule has 130 valence electrons. The summed E-state index contributed by atoms with van der Waals surface area (Å²) in [6.45, 7) is 4.57. The van der Waals surface area contributed by atoms with E-state index in [4.69, 9.17) is 4.74 Å². The lowest BCUT2D eigenvalue weighted by Crippen LogP contribution is -2.47. The number of carbonyl (C=O) groups excluding carboxylic acids is 2. The Bertz CT molecular complexity index is 594. The van der Waals surface area contributed by atoms with Crippen molar-refractivity contribution in [1.82, 2.24) is 10.2 Å². The van der Waals surface area contributed by atoms with Gasteiger partial charge in [0.25, 0.3) is 0 Å². The zero-order valence-corrected chi connectivity index (χ0v) is 14.3. The van der Waals surface area contributed by atoms with Gasteiger partial charge in [0.1, 0.15) is 12.4 Å². The van der Waals surface area contributed by atoms with Crippen LogP contribution in [-0.4, -0.2) is 43.0 Å². The van der Waals surface area contributed by atoms with Crippen molar-refractivity contribution in [2.45, 2.75) is 32.6 Å². The zero-order valence-electron chi connectivity index (χ0n) is 14.3. The number of nitrogens with one attached hydrogen (secondary N) is 1. The van der Waals surface area contributed by atoms with Crippen LogP contribution in [-0.2, 0) is 16.0 Å². The van der Waals surface area contributed by atoms with Crippen LogP contribution in [0.25, 0.3) is 0 Å². The minimum absolute atomic E-state index is 0.0453. The lowest BCUT2D eigenvalue weighted by molar-refractivity contribution is -0.140. The van der Waals surface area contributed by atoms with Gasteiger partial charge in [0.2, 0.25) is 11.8 Å². The van der Waals surface area contributed by atoms with Crippen LogP contribution in [0.5, 0.6) is 5.75 Å². The molecule has 2 aliphatic heterocycles. The van der Waals surface area contributed by atoms with Crippen molar-refractivity contribution in [3.05, 3.63) is 29.8 Å². The summed E-state index contributed by atoms with van der Waals surface area (Å²) < 4.78 is 5.74. The van der Waals surface area contributed by atoms with Crippen LogP contribution in [0.15, 0.2) is 24.3 Å². The molecule has 5 nitrogen and oxygen atoms in total. The fourth-order valence-electron chi connectivity index (χ4n) is 3.50. The van der Waals surface area contributed by atoms with Gasteiger partial charge in [-0.25, -0.2) is 0 Å². The largest absolute Gasteiger partial charge is 0.492 e. The van der Waals surface area contributed by atoms with E-state index >= 15 is 0 Å². The summed E-state index contributed by atoms with van der Waals surface area (Å²) in [4.78, 5) is 26.7. The van der Waals surface area contributed by atoms with Crippen LogP contribution in [0, 0.1) is 11.8 Å². The molecule has 1 aromatic carbocycles. The monoisotopic (exact) mass is 330 g/mol. The smallest absolute Gasteiger partial charge is 0.229 e. The van der Waals surface area contributed by atoms with Crippen molar-refractivity contribution >= 4 is 11.8 Å². The Morgan fingerprint density at radius 2 is 1.96 bits per heavy atom. The molecule has 0 aliphatic carbocycles. The van der Waals surface area contributed by atoms with Crippen molar-refractivity contribution in [2.75, 3.05) is 26.2 Å². The Balaban J connectivity index is 1.52. The van der Waals surface area contributed by atoms with Gasteiger partial charge in [-0.1, -0.05) is 25.1 Å². The molecule has 1 fully saturated rings. The third-order valence-corrected chi connectivity index (χ3v) is 4.95. The first-order valence-corrected chi connectivity index (χ1v) is 8.96. The quantitative estimate of drug-likeness (QED) is 0.919. The summed E-state index contributed by atoms with van der Waals surface area (Å²) in [5.41, 5.74) is 1.11. The third kappa shape index (κ3) is 3.71. The molecule has 0 aromatic heterocycles. The van der Waals surface area contributed by atoms with Crippen LogP contribution >= 0.6 is 0 Å². The number of ether oxygens (including phenoxy) is 1. The molecule has 0 bridgehead atoms. The van der Waals surface area contributed by atoms with Crippen LogP contribution in [0.1, 0.15) is 31.7 Å². The molecule has 0 saturated carbocycles. The number of fused-ring (bicyclic) bond motifs is 1. The number of piperidine rings is 1. The van der Waals surface area contributed by atoms with Gasteiger partial charge < -0.3 is 15.0 Å². The second-order valence-corrected chi connectivity index (χ2v) is 6.71. The average Bonchev–Trinajstić information content (AvgIpc) is 2.65.